The number of hydrogen-bond donors (Lipinski definition) is 0. The molecule has 0 saturated carbocycles. The van der Waals surface area contributed by atoms with Crippen LogP contribution in [0, 0.1) is 18.8 Å². The molecule has 0 amide bonds. The van der Waals surface area contributed by atoms with Gasteiger partial charge in [0, 0.05) is 35.9 Å². The lowest BCUT2D eigenvalue weighted by Gasteiger charge is -2.24. The summed E-state index contributed by atoms with van der Waals surface area (Å²) in [6.45, 7) is 25.0. The fourth-order valence-electron chi connectivity index (χ4n) is 8.19. The van der Waals surface area contributed by atoms with E-state index in [1.165, 1.54) is 67.0 Å². The molecule has 300 valence electrons. The first-order chi connectivity index (χ1) is 27.8. The number of benzene rings is 5. The van der Waals surface area contributed by atoms with E-state index in [1.54, 1.807) is 0 Å². The largest absolute Gasteiger partial charge is 0.299 e. The lowest BCUT2D eigenvalue weighted by atomic mass is 9.88. The van der Waals surface area contributed by atoms with Crippen LogP contribution in [0.25, 0.3) is 45.3 Å². The summed E-state index contributed by atoms with van der Waals surface area (Å²) in [5.74, 6) is 4.53. The van der Waals surface area contributed by atoms with Crippen LogP contribution in [0.4, 0.5) is 0 Å². The maximum absolute atomic E-state index is 4.81. The predicted octanol–water partition coefficient (Wildman–Crippen LogP) is 14.8. The van der Waals surface area contributed by atoms with Crippen LogP contribution in [0.3, 0.4) is 0 Å². The fraction of sp³-hybridized carbons (Fsp3) is 0.333. The average Bonchev–Trinajstić information content (AvgIpc) is 3.88. The van der Waals surface area contributed by atoms with Gasteiger partial charge in [0.05, 0.1) is 11.4 Å². The highest BCUT2D eigenvalue weighted by molar-refractivity contribution is 5.72. The lowest BCUT2D eigenvalue weighted by Crippen LogP contribution is -2.10. The van der Waals surface area contributed by atoms with Gasteiger partial charge in [-0.2, -0.15) is 0 Å². The van der Waals surface area contributed by atoms with Gasteiger partial charge in [0.1, 0.15) is 11.6 Å². The van der Waals surface area contributed by atoms with Crippen LogP contribution < -0.4 is 0 Å². The minimum absolute atomic E-state index is 0.397. The number of rotatable bonds is 12. The summed E-state index contributed by atoms with van der Waals surface area (Å²) in [6.07, 6.45) is 10.3. The molecule has 0 bridgehead atoms. The van der Waals surface area contributed by atoms with E-state index in [0.29, 0.717) is 29.6 Å². The Kier molecular flexibility index (Phi) is 13.7. The van der Waals surface area contributed by atoms with E-state index < -0.39 is 0 Å². The van der Waals surface area contributed by atoms with Crippen LogP contribution >= 0.6 is 0 Å². The average molecular weight is 769 g/mol. The van der Waals surface area contributed by atoms with Crippen molar-refractivity contribution in [2.45, 2.75) is 107 Å². The van der Waals surface area contributed by atoms with Gasteiger partial charge < -0.3 is 0 Å². The van der Waals surface area contributed by atoms with Crippen molar-refractivity contribution in [3.05, 3.63) is 167 Å². The fourth-order valence-corrected chi connectivity index (χ4v) is 8.19. The predicted molar refractivity (Wildman–Crippen MR) is 248 cm³/mol. The molecule has 4 heteroatoms. The second-order valence-corrected chi connectivity index (χ2v) is 17.6. The monoisotopic (exact) mass is 769 g/mol. The molecule has 58 heavy (non-hydrogen) atoms. The summed E-state index contributed by atoms with van der Waals surface area (Å²) in [4.78, 5) is 9.58. The Morgan fingerprint density at radius 1 is 0.448 bits per heavy atom. The van der Waals surface area contributed by atoms with Crippen LogP contribution in [-0.4, -0.2) is 19.1 Å². The summed E-state index contributed by atoms with van der Waals surface area (Å²) in [7, 11) is 0. The first-order valence-electron chi connectivity index (χ1n) is 21.4. The minimum atomic E-state index is 0.397. The Labute approximate surface area is 349 Å². The van der Waals surface area contributed by atoms with Gasteiger partial charge in [-0.3, -0.25) is 9.13 Å². The molecule has 0 aliphatic heterocycles. The normalized spacial score (nSPS) is 11.6. The molecule has 0 spiro atoms. The molecule has 0 radical (unpaired) electrons. The Morgan fingerprint density at radius 3 is 1.43 bits per heavy atom. The van der Waals surface area contributed by atoms with Crippen LogP contribution in [0.2, 0.25) is 0 Å². The first-order valence-corrected chi connectivity index (χ1v) is 21.4. The van der Waals surface area contributed by atoms with Gasteiger partial charge in [0.15, 0.2) is 0 Å². The van der Waals surface area contributed by atoms with E-state index in [4.69, 9.17) is 9.97 Å². The van der Waals surface area contributed by atoms with Gasteiger partial charge in [0.25, 0.3) is 0 Å². The highest BCUT2D eigenvalue weighted by Gasteiger charge is 2.22. The molecular weight excluding hydrogens is 705 g/mol. The van der Waals surface area contributed by atoms with E-state index in [2.05, 4.69) is 207 Å². The molecule has 2 heterocycles. The van der Waals surface area contributed by atoms with Crippen LogP contribution in [0.5, 0.6) is 0 Å². The molecule has 0 saturated heterocycles. The van der Waals surface area contributed by atoms with E-state index in [0.717, 1.165) is 24.5 Å². The van der Waals surface area contributed by atoms with Crippen molar-refractivity contribution >= 4 is 0 Å². The second-order valence-electron chi connectivity index (χ2n) is 17.6. The van der Waals surface area contributed by atoms with Crippen molar-refractivity contribution in [1.29, 1.82) is 0 Å². The summed E-state index contributed by atoms with van der Waals surface area (Å²) in [5, 5.41) is 0. The van der Waals surface area contributed by atoms with Crippen molar-refractivity contribution in [2.75, 3.05) is 0 Å². The molecule has 0 fully saturated rings. The highest BCUT2D eigenvalue weighted by Crippen LogP contribution is 2.38. The van der Waals surface area contributed by atoms with E-state index in [1.807, 2.05) is 12.4 Å². The minimum Gasteiger partial charge on any atom is -0.299 e. The molecule has 0 atom stereocenters. The van der Waals surface area contributed by atoms with Gasteiger partial charge in [-0.15, -0.1) is 0 Å². The standard InChI is InChI=1S/C28H30N2.C26H34N2/c1-19(2)25-17-23(22-12-7-6-8-13-22)18-26(20(3)4)27(25)30-16-15-29-28(30)24-14-10-9-11-21(24)5;1-18(2)16-21-10-9-11-22(17-19(3)4)25(21)28-15-14-27-26(28)24-13-8-7-12-23(24)20(5)6/h6-20H,1-5H3;7-15,18-20H,16-17H2,1-6H3. The second kappa shape index (κ2) is 18.9. The highest BCUT2D eigenvalue weighted by atomic mass is 15.1. The van der Waals surface area contributed by atoms with E-state index in [9.17, 15) is 0 Å². The molecule has 0 aliphatic carbocycles. The van der Waals surface area contributed by atoms with Crippen molar-refractivity contribution in [2.24, 2.45) is 11.8 Å². The molecule has 4 nitrogen and oxygen atoms in total. The van der Waals surface area contributed by atoms with E-state index in [-0.39, 0.29) is 0 Å². The maximum Gasteiger partial charge on any atom is 0.144 e. The number of hydrogen-bond acceptors (Lipinski definition) is 2. The topological polar surface area (TPSA) is 35.6 Å². The van der Waals surface area contributed by atoms with Gasteiger partial charge in [-0.25, -0.2) is 9.97 Å². The smallest absolute Gasteiger partial charge is 0.144 e. The van der Waals surface area contributed by atoms with Crippen molar-refractivity contribution < 1.29 is 0 Å². The van der Waals surface area contributed by atoms with Crippen LogP contribution in [0.15, 0.2) is 134 Å². The number of aromatic nitrogens is 4. The van der Waals surface area contributed by atoms with Crippen molar-refractivity contribution in [1.82, 2.24) is 19.1 Å². The zero-order valence-electron chi connectivity index (χ0n) is 36.8. The summed E-state index contributed by atoms with van der Waals surface area (Å²) in [6, 6.07) is 39.4. The maximum atomic E-state index is 4.81. The van der Waals surface area contributed by atoms with Gasteiger partial charge in [0.2, 0.25) is 0 Å². The number of nitrogens with zero attached hydrogens (tertiary/aromatic N) is 4. The zero-order chi connectivity index (χ0) is 41.5. The quantitative estimate of drug-likeness (QED) is 0.124. The third kappa shape index (κ3) is 9.45. The summed E-state index contributed by atoms with van der Waals surface area (Å²) < 4.78 is 4.62. The number of imidazole rings is 2. The molecule has 0 aliphatic rings. The van der Waals surface area contributed by atoms with Gasteiger partial charge >= 0.3 is 0 Å². The van der Waals surface area contributed by atoms with Crippen molar-refractivity contribution in [3.8, 4) is 45.3 Å². The Bertz CT molecular complexity index is 2350. The first kappa shape index (κ1) is 42.1. The molecule has 7 rings (SSSR count). The van der Waals surface area contributed by atoms with Gasteiger partial charge in [-0.1, -0.05) is 166 Å². The Hall–Kier alpha value is -5.48. The number of para-hydroxylation sites is 1. The SMILES string of the molecule is CC(C)Cc1cccc(CC(C)C)c1-n1ccnc1-c1ccccc1C(C)C.Cc1ccccc1-c1nccn1-c1c(C(C)C)cc(-c2ccccc2)cc1C(C)C. The summed E-state index contributed by atoms with van der Waals surface area (Å²) in [5.41, 5.74) is 15.7. The third-order valence-corrected chi connectivity index (χ3v) is 11.0. The molecule has 0 unspecified atom stereocenters. The van der Waals surface area contributed by atoms with Crippen molar-refractivity contribution in [3.63, 3.8) is 0 Å². The molecule has 7 aromatic rings. The van der Waals surface area contributed by atoms with E-state index >= 15 is 0 Å². The molecule has 2 aromatic heterocycles. The van der Waals surface area contributed by atoms with Crippen LogP contribution in [-0.2, 0) is 12.8 Å². The lowest BCUT2D eigenvalue weighted by molar-refractivity contribution is 0.631. The molecule has 5 aromatic carbocycles. The zero-order valence-corrected chi connectivity index (χ0v) is 36.8. The third-order valence-electron chi connectivity index (χ3n) is 11.0. The molecule has 0 N–H and O–H groups in total. The summed E-state index contributed by atoms with van der Waals surface area (Å²) >= 11 is 0. The van der Waals surface area contributed by atoms with Crippen LogP contribution in [0.1, 0.15) is 120 Å². The van der Waals surface area contributed by atoms with Gasteiger partial charge in [-0.05, 0) is 106 Å². The Morgan fingerprint density at radius 2 is 0.914 bits per heavy atom. The Balaban J connectivity index is 0.000000196. The molecular formula is C54H64N4. The number of aryl methyl sites for hydroxylation is 1.